The molecule has 0 aliphatic carbocycles. The number of carbonyl (C=O) groups excluding carboxylic acids is 1. The summed E-state index contributed by atoms with van der Waals surface area (Å²) in [5.41, 5.74) is 1.31. The summed E-state index contributed by atoms with van der Waals surface area (Å²) in [6.45, 7) is 4.86. The molecule has 2 atom stereocenters. The van der Waals surface area contributed by atoms with E-state index in [1.807, 2.05) is 6.92 Å². The van der Waals surface area contributed by atoms with Gasteiger partial charge in [-0.3, -0.25) is 4.79 Å². The molecule has 1 heterocycles. The van der Waals surface area contributed by atoms with Gasteiger partial charge in [-0.2, -0.15) is 0 Å². The van der Waals surface area contributed by atoms with Gasteiger partial charge >= 0.3 is 0 Å². The van der Waals surface area contributed by atoms with E-state index in [0.717, 1.165) is 18.5 Å². The highest BCUT2D eigenvalue weighted by atomic mass is 16.3. The topological polar surface area (TPSA) is 61.4 Å². The van der Waals surface area contributed by atoms with Gasteiger partial charge in [-0.05, 0) is 57.0 Å². The van der Waals surface area contributed by atoms with Gasteiger partial charge < -0.3 is 15.7 Å². The largest absolute Gasteiger partial charge is 0.508 e. The van der Waals surface area contributed by atoms with Crippen LogP contribution >= 0.6 is 0 Å². The monoisotopic (exact) mass is 262 g/mol. The summed E-state index contributed by atoms with van der Waals surface area (Å²) >= 11 is 0. The summed E-state index contributed by atoms with van der Waals surface area (Å²) in [6.07, 6.45) is 3.54. The normalized spacial score (nSPS) is 20.8. The molecule has 0 bridgehead atoms. The first-order valence-electron chi connectivity index (χ1n) is 6.92. The molecule has 1 aliphatic rings. The number of aromatic hydroxyl groups is 1. The van der Waals surface area contributed by atoms with Gasteiger partial charge in [0.05, 0.1) is 0 Å². The Hall–Kier alpha value is -1.55. The minimum Gasteiger partial charge on any atom is -0.508 e. The van der Waals surface area contributed by atoms with Crippen LogP contribution < -0.4 is 10.6 Å². The fraction of sp³-hybridized carbons (Fsp3) is 0.533. The predicted molar refractivity (Wildman–Crippen MR) is 75.4 cm³/mol. The molecule has 1 amide bonds. The Labute approximate surface area is 114 Å². The van der Waals surface area contributed by atoms with Crippen LogP contribution in [0, 0.1) is 6.92 Å². The Morgan fingerprint density at radius 2 is 2.26 bits per heavy atom. The fourth-order valence-corrected chi connectivity index (χ4v) is 2.49. The number of hydrogen-bond acceptors (Lipinski definition) is 3. The second-order valence-electron chi connectivity index (χ2n) is 5.32. The van der Waals surface area contributed by atoms with Crippen LogP contribution in [0.25, 0.3) is 0 Å². The molecule has 1 aliphatic heterocycles. The van der Waals surface area contributed by atoms with E-state index in [1.54, 1.807) is 25.1 Å². The molecule has 0 aromatic heterocycles. The van der Waals surface area contributed by atoms with Crippen molar-refractivity contribution < 1.29 is 9.90 Å². The molecular formula is C15H22N2O2. The first-order chi connectivity index (χ1) is 9.08. The molecule has 3 N–H and O–H groups in total. The van der Waals surface area contributed by atoms with E-state index in [1.165, 1.54) is 12.8 Å². The number of amides is 1. The van der Waals surface area contributed by atoms with E-state index in [2.05, 4.69) is 10.6 Å². The van der Waals surface area contributed by atoms with Crippen LogP contribution in [0.15, 0.2) is 18.2 Å². The Kier molecular flexibility index (Phi) is 4.43. The van der Waals surface area contributed by atoms with Crippen molar-refractivity contribution in [3.05, 3.63) is 29.3 Å². The molecule has 0 saturated carbocycles. The first kappa shape index (κ1) is 13.9. The predicted octanol–water partition coefficient (Wildman–Crippen LogP) is 1.96. The lowest BCUT2D eigenvalue weighted by Gasteiger charge is -2.29. The molecule has 2 rings (SSSR count). The van der Waals surface area contributed by atoms with Gasteiger partial charge in [0.15, 0.2) is 0 Å². The summed E-state index contributed by atoms with van der Waals surface area (Å²) in [4.78, 5) is 12.1. The zero-order chi connectivity index (χ0) is 13.8. The Morgan fingerprint density at radius 3 is 2.89 bits per heavy atom. The zero-order valence-electron chi connectivity index (χ0n) is 11.6. The number of phenols is 1. The number of nitrogens with one attached hydrogen (secondary N) is 2. The summed E-state index contributed by atoms with van der Waals surface area (Å²) in [5, 5.41) is 15.9. The number of phenolic OH excluding ortho intramolecular Hbond substituents is 1. The van der Waals surface area contributed by atoms with Crippen molar-refractivity contribution >= 4 is 5.91 Å². The highest BCUT2D eigenvalue weighted by Gasteiger charge is 2.21. The molecule has 4 nitrogen and oxygen atoms in total. The maximum atomic E-state index is 12.1. The Bertz CT molecular complexity index is 453. The van der Waals surface area contributed by atoms with Crippen molar-refractivity contribution in [1.82, 2.24) is 10.6 Å². The maximum absolute atomic E-state index is 12.1. The standard InChI is InChI=1S/C15H22N2O2/c1-10-9-12(6-7-14(10)18)15(19)17-11(2)13-5-3-4-8-16-13/h6-7,9,11,13,16,18H,3-5,8H2,1-2H3,(H,17,19). The zero-order valence-corrected chi connectivity index (χ0v) is 11.6. The van der Waals surface area contributed by atoms with Crippen molar-refractivity contribution in [2.45, 2.75) is 45.2 Å². The molecule has 1 aromatic rings. The van der Waals surface area contributed by atoms with E-state index < -0.39 is 0 Å². The molecule has 1 saturated heterocycles. The van der Waals surface area contributed by atoms with Crippen LogP contribution in [0.5, 0.6) is 5.75 Å². The molecule has 19 heavy (non-hydrogen) atoms. The minimum absolute atomic E-state index is 0.0806. The van der Waals surface area contributed by atoms with Gasteiger partial charge in [0, 0.05) is 17.6 Å². The van der Waals surface area contributed by atoms with E-state index in [-0.39, 0.29) is 17.7 Å². The van der Waals surface area contributed by atoms with E-state index >= 15 is 0 Å². The van der Waals surface area contributed by atoms with Gasteiger partial charge in [0.1, 0.15) is 5.75 Å². The highest BCUT2D eigenvalue weighted by Crippen LogP contribution is 2.17. The number of rotatable bonds is 3. The molecule has 1 fully saturated rings. The Balaban J connectivity index is 1.97. The fourth-order valence-electron chi connectivity index (χ4n) is 2.49. The third-order valence-corrected chi connectivity index (χ3v) is 3.77. The number of aryl methyl sites for hydroxylation is 1. The maximum Gasteiger partial charge on any atom is 0.251 e. The Morgan fingerprint density at radius 1 is 1.47 bits per heavy atom. The first-order valence-corrected chi connectivity index (χ1v) is 6.92. The summed E-state index contributed by atoms with van der Waals surface area (Å²) in [5.74, 6) is 0.140. The molecule has 2 unspecified atom stereocenters. The van der Waals surface area contributed by atoms with Crippen molar-refractivity contribution in [2.75, 3.05) is 6.54 Å². The summed E-state index contributed by atoms with van der Waals surface area (Å²) < 4.78 is 0. The molecule has 0 radical (unpaired) electrons. The van der Waals surface area contributed by atoms with E-state index in [0.29, 0.717) is 11.6 Å². The highest BCUT2D eigenvalue weighted by molar-refractivity contribution is 5.94. The van der Waals surface area contributed by atoms with Gasteiger partial charge in [-0.1, -0.05) is 6.42 Å². The lowest BCUT2D eigenvalue weighted by Crippen LogP contribution is -2.50. The molecule has 0 spiro atoms. The molecule has 104 valence electrons. The number of hydrogen-bond donors (Lipinski definition) is 3. The van der Waals surface area contributed by atoms with E-state index in [9.17, 15) is 9.90 Å². The van der Waals surface area contributed by atoms with Crippen molar-refractivity contribution in [3.8, 4) is 5.75 Å². The average Bonchev–Trinajstić information content (AvgIpc) is 2.42. The van der Waals surface area contributed by atoms with Crippen molar-refractivity contribution in [2.24, 2.45) is 0 Å². The lowest BCUT2D eigenvalue weighted by atomic mass is 9.98. The van der Waals surface area contributed by atoms with Crippen molar-refractivity contribution in [3.63, 3.8) is 0 Å². The number of piperidine rings is 1. The van der Waals surface area contributed by atoms with Crippen LogP contribution in [0.1, 0.15) is 42.1 Å². The van der Waals surface area contributed by atoms with Crippen LogP contribution in [-0.4, -0.2) is 29.6 Å². The third-order valence-electron chi connectivity index (χ3n) is 3.77. The third kappa shape index (κ3) is 3.47. The van der Waals surface area contributed by atoms with Gasteiger partial charge in [-0.15, -0.1) is 0 Å². The quantitative estimate of drug-likeness (QED) is 0.780. The van der Waals surface area contributed by atoms with Crippen molar-refractivity contribution in [1.29, 1.82) is 0 Å². The molecule has 1 aromatic carbocycles. The van der Waals surface area contributed by atoms with Gasteiger partial charge in [0.2, 0.25) is 0 Å². The smallest absolute Gasteiger partial charge is 0.251 e. The van der Waals surface area contributed by atoms with Crippen LogP contribution in [0.2, 0.25) is 0 Å². The summed E-state index contributed by atoms with van der Waals surface area (Å²) in [7, 11) is 0. The lowest BCUT2D eigenvalue weighted by molar-refractivity contribution is 0.0928. The van der Waals surface area contributed by atoms with Gasteiger partial charge in [0.25, 0.3) is 5.91 Å². The number of benzene rings is 1. The average molecular weight is 262 g/mol. The van der Waals surface area contributed by atoms with Crippen LogP contribution in [-0.2, 0) is 0 Å². The van der Waals surface area contributed by atoms with Crippen LogP contribution in [0.4, 0.5) is 0 Å². The minimum atomic E-state index is -0.0806. The van der Waals surface area contributed by atoms with Crippen LogP contribution in [0.3, 0.4) is 0 Å². The van der Waals surface area contributed by atoms with E-state index in [4.69, 9.17) is 0 Å². The second kappa shape index (κ2) is 6.06. The second-order valence-corrected chi connectivity index (χ2v) is 5.32. The molecular weight excluding hydrogens is 240 g/mol. The number of carbonyl (C=O) groups is 1. The van der Waals surface area contributed by atoms with Gasteiger partial charge in [-0.25, -0.2) is 0 Å². The SMILES string of the molecule is Cc1cc(C(=O)NC(C)C2CCCCN2)ccc1O. The molecule has 4 heteroatoms. The summed E-state index contributed by atoms with van der Waals surface area (Å²) in [6, 6.07) is 5.40.